The van der Waals surface area contributed by atoms with Gasteiger partial charge < -0.3 is 4.74 Å². The molecule has 0 radical (unpaired) electrons. The van der Waals surface area contributed by atoms with Crippen molar-refractivity contribution in [1.82, 2.24) is 0 Å². The largest absolute Gasteiger partial charge is 0.458 e. The second kappa shape index (κ2) is 4.00. The Morgan fingerprint density at radius 3 is 2.73 bits per heavy atom. The van der Waals surface area contributed by atoms with Crippen molar-refractivity contribution in [3.8, 4) is 0 Å². The molecule has 4 unspecified atom stereocenters. The molecule has 0 spiro atoms. The summed E-state index contributed by atoms with van der Waals surface area (Å²) in [5.74, 6) is 0.382. The molecule has 0 aliphatic carbocycles. The van der Waals surface area contributed by atoms with Crippen molar-refractivity contribution in [2.75, 3.05) is 0 Å². The van der Waals surface area contributed by atoms with Gasteiger partial charge in [0, 0.05) is 23.8 Å². The Morgan fingerprint density at radius 2 is 2.33 bits per heavy atom. The zero-order valence-electron chi connectivity index (χ0n) is 9.79. The van der Waals surface area contributed by atoms with Crippen molar-refractivity contribution < 1.29 is 9.53 Å². The number of fused-ring (bicyclic) bond motifs is 2. The Bertz CT molecular complexity index is 266. The van der Waals surface area contributed by atoms with Crippen LogP contribution in [-0.4, -0.2) is 22.1 Å². The summed E-state index contributed by atoms with van der Waals surface area (Å²) in [6.07, 6.45) is 4.72. The van der Waals surface area contributed by atoms with Crippen LogP contribution in [0.15, 0.2) is 0 Å². The Hall–Kier alpha value is -0.180. The van der Waals surface area contributed by atoms with Gasteiger partial charge in [-0.1, -0.05) is 13.8 Å². The minimum absolute atomic E-state index is 0.108. The molecule has 0 amide bonds. The van der Waals surface area contributed by atoms with Crippen molar-refractivity contribution in [2.24, 2.45) is 5.92 Å². The van der Waals surface area contributed by atoms with Crippen molar-refractivity contribution in [2.45, 2.75) is 62.6 Å². The first kappa shape index (κ1) is 11.3. The monoisotopic (exact) mass is 228 g/mol. The fourth-order valence-corrected chi connectivity index (χ4v) is 5.01. The van der Waals surface area contributed by atoms with Crippen LogP contribution in [-0.2, 0) is 9.53 Å². The average Bonchev–Trinajstić information content (AvgIpc) is 2.75. The fraction of sp³-hybridized carbons (Fsp3) is 0.917. The SMILES string of the molecule is CCC(C)C1(OC(C)=O)CC2CCC1S2. The van der Waals surface area contributed by atoms with Gasteiger partial charge >= 0.3 is 5.97 Å². The van der Waals surface area contributed by atoms with Crippen LogP contribution in [0, 0.1) is 5.92 Å². The second-order valence-electron chi connectivity index (χ2n) is 4.89. The molecular weight excluding hydrogens is 208 g/mol. The van der Waals surface area contributed by atoms with Gasteiger partial charge in [0.15, 0.2) is 0 Å². The highest BCUT2D eigenvalue weighted by atomic mass is 32.2. The second-order valence-corrected chi connectivity index (χ2v) is 6.39. The first-order chi connectivity index (χ1) is 7.08. The summed E-state index contributed by atoms with van der Waals surface area (Å²) in [5, 5.41) is 1.30. The number of rotatable bonds is 3. The third kappa shape index (κ3) is 1.79. The molecule has 2 aliphatic rings. The number of hydrogen-bond acceptors (Lipinski definition) is 3. The van der Waals surface area contributed by atoms with E-state index in [-0.39, 0.29) is 11.6 Å². The van der Waals surface area contributed by atoms with Gasteiger partial charge in [0.05, 0.1) is 0 Å². The standard InChI is InChI=1S/C12H20O2S/c1-4-8(2)12(14-9(3)13)7-10-5-6-11(12)15-10/h8,10-11H,4-7H2,1-3H3. The Balaban J connectivity index is 2.20. The molecular formula is C12H20O2S. The van der Waals surface area contributed by atoms with Crippen LogP contribution in [0.1, 0.15) is 46.5 Å². The smallest absolute Gasteiger partial charge is 0.303 e. The maximum absolute atomic E-state index is 11.3. The maximum Gasteiger partial charge on any atom is 0.303 e. The molecule has 3 heteroatoms. The maximum atomic E-state index is 11.3. The lowest BCUT2D eigenvalue weighted by Crippen LogP contribution is -2.48. The highest BCUT2D eigenvalue weighted by molar-refractivity contribution is 8.01. The summed E-state index contributed by atoms with van der Waals surface area (Å²) in [6.45, 7) is 5.96. The predicted octanol–water partition coefficient (Wildman–Crippen LogP) is 3.00. The predicted molar refractivity (Wildman–Crippen MR) is 63.0 cm³/mol. The van der Waals surface area contributed by atoms with E-state index in [1.165, 1.54) is 12.8 Å². The van der Waals surface area contributed by atoms with E-state index in [1.807, 2.05) is 11.8 Å². The third-order valence-corrected chi connectivity index (χ3v) is 5.73. The van der Waals surface area contributed by atoms with Crippen LogP contribution in [0.4, 0.5) is 0 Å². The highest BCUT2D eigenvalue weighted by Gasteiger charge is 2.56. The van der Waals surface area contributed by atoms with E-state index in [1.54, 1.807) is 6.92 Å². The molecule has 0 aromatic carbocycles. The molecule has 0 N–H and O–H groups in total. The minimum Gasteiger partial charge on any atom is -0.458 e. The molecule has 2 heterocycles. The lowest BCUT2D eigenvalue weighted by Gasteiger charge is -2.40. The number of carbonyl (C=O) groups excluding carboxylic acids is 1. The van der Waals surface area contributed by atoms with Crippen LogP contribution in [0.3, 0.4) is 0 Å². The molecule has 2 bridgehead atoms. The topological polar surface area (TPSA) is 26.3 Å². The van der Waals surface area contributed by atoms with Gasteiger partial charge in [-0.05, 0) is 25.2 Å². The molecule has 0 aromatic heterocycles. The molecule has 4 atom stereocenters. The number of carbonyl (C=O) groups is 1. The van der Waals surface area contributed by atoms with E-state index in [0.29, 0.717) is 11.2 Å². The molecule has 15 heavy (non-hydrogen) atoms. The van der Waals surface area contributed by atoms with Crippen LogP contribution < -0.4 is 0 Å². The molecule has 2 rings (SSSR count). The number of ether oxygens (including phenoxy) is 1. The van der Waals surface area contributed by atoms with Gasteiger partial charge in [-0.15, -0.1) is 0 Å². The fourth-order valence-electron chi connectivity index (χ4n) is 3.04. The van der Waals surface area contributed by atoms with Gasteiger partial charge in [-0.3, -0.25) is 4.79 Å². The van der Waals surface area contributed by atoms with Gasteiger partial charge in [0.25, 0.3) is 0 Å². The van der Waals surface area contributed by atoms with Crippen molar-refractivity contribution in [3.63, 3.8) is 0 Å². The lowest BCUT2D eigenvalue weighted by molar-refractivity contribution is -0.164. The molecule has 0 aromatic rings. The van der Waals surface area contributed by atoms with Crippen LogP contribution in [0.5, 0.6) is 0 Å². The van der Waals surface area contributed by atoms with E-state index >= 15 is 0 Å². The van der Waals surface area contributed by atoms with E-state index in [4.69, 9.17) is 4.74 Å². The average molecular weight is 228 g/mol. The first-order valence-electron chi connectivity index (χ1n) is 5.93. The summed E-state index contributed by atoms with van der Waals surface area (Å²) in [6, 6.07) is 0. The summed E-state index contributed by atoms with van der Waals surface area (Å²) >= 11 is 2.05. The molecule has 0 saturated carbocycles. The van der Waals surface area contributed by atoms with Crippen molar-refractivity contribution in [1.29, 1.82) is 0 Å². The molecule has 2 nitrogen and oxygen atoms in total. The molecule has 2 fully saturated rings. The first-order valence-corrected chi connectivity index (χ1v) is 6.87. The molecule has 2 saturated heterocycles. The Morgan fingerprint density at radius 1 is 1.60 bits per heavy atom. The summed E-state index contributed by atoms with van der Waals surface area (Å²) in [4.78, 5) is 11.3. The highest BCUT2D eigenvalue weighted by Crippen LogP contribution is 2.56. The lowest BCUT2D eigenvalue weighted by atomic mass is 9.75. The van der Waals surface area contributed by atoms with Gasteiger partial charge in [-0.25, -0.2) is 0 Å². The number of hydrogen-bond donors (Lipinski definition) is 0. The van der Waals surface area contributed by atoms with Crippen LogP contribution in [0.2, 0.25) is 0 Å². The summed E-state index contributed by atoms with van der Waals surface area (Å²) in [5.41, 5.74) is -0.145. The van der Waals surface area contributed by atoms with E-state index in [0.717, 1.165) is 18.1 Å². The normalized spacial score (nSPS) is 40.5. The van der Waals surface area contributed by atoms with Gasteiger partial charge in [0.1, 0.15) is 5.60 Å². The van der Waals surface area contributed by atoms with E-state index in [2.05, 4.69) is 13.8 Å². The molecule has 86 valence electrons. The zero-order chi connectivity index (χ0) is 11.1. The van der Waals surface area contributed by atoms with Crippen LogP contribution >= 0.6 is 11.8 Å². The van der Waals surface area contributed by atoms with Crippen LogP contribution in [0.25, 0.3) is 0 Å². The van der Waals surface area contributed by atoms with Crippen molar-refractivity contribution in [3.05, 3.63) is 0 Å². The number of thioether (sulfide) groups is 1. The van der Waals surface area contributed by atoms with E-state index in [9.17, 15) is 4.79 Å². The van der Waals surface area contributed by atoms with Crippen molar-refractivity contribution >= 4 is 17.7 Å². The van der Waals surface area contributed by atoms with Gasteiger partial charge in [0.2, 0.25) is 0 Å². The zero-order valence-corrected chi connectivity index (χ0v) is 10.6. The third-order valence-electron chi connectivity index (χ3n) is 3.98. The van der Waals surface area contributed by atoms with Gasteiger partial charge in [-0.2, -0.15) is 11.8 Å². The number of esters is 1. The molecule has 2 aliphatic heterocycles. The summed E-state index contributed by atoms with van der Waals surface area (Å²) in [7, 11) is 0. The Labute approximate surface area is 96.1 Å². The quantitative estimate of drug-likeness (QED) is 0.695. The minimum atomic E-state index is -0.145. The Kier molecular flexibility index (Phi) is 3.02. The summed E-state index contributed by atoms with van der Waals surface area (Å²) < 4.78 is 5.73. The van der Waals surface area contributed by atoms with E-state index < -0.39 is 0 Å².